The highest BCUT2D eigenvalue weighted by Gasteiger charge is 2.46. The molecule has 2 fully saturated rings. The van der Waals surface area contributed by atoms with Gasteiger partial charge in [-0.3, -0.25) is 4.79 Å². The number of amides is 1. The maximum absolute atomic E-state index is 11.0. The number of aromatic nitrogens is 2. The fraction of sp³-hybridized carbons (Fsp3) is 0.412. The lowest BCUT2D eigenvalue weighted by atomic mass is 9.72. The molecule has 2 aliphatic rings. The van der Waals surface area contributed by atoms with Crippen molar-refractivity contribution in [1.82, 2.24) is 15.1 Å². The number of carbonyl (C=O) groups is 2. The van der Waals surface area contributed by atoms with Crippen molar-refractivity contribution in [2.24, 2.45) is 5.41 Å². The first kappa shape index (κ1) is 14.9. The average molecular weight is 326 g/mol. The van der Waals surface area contributed by atoms with Crippen molar-refractivity contribution >= 4 is 29.0 Å². The zero-order valence-electron chi connectivity index (χ0n) is 13.2. The Bertz CT molecular complexity index is 807. The molecule has 2 aromatic rings. The van der Waals surface area contributed by atoms with Crippen LogP contribution in [0.4, 0.5) is 10.5 Å². The standard InChI is InChI=1S/C17H18N4O3/c22-9-12-1-2-14-13(7-12)15(8-18-19-14)21-10-17(11-21)3-5-20(6-4-17)16(23)24/h1-2,7-9H,3-6,10-11H2,(H,23,24). The monoisotopic (exact) mass is 326 g/mol. The van der Waals surface area contributed by atoms with Crippen LogP contribution >= 0.6 is 0 Å². The van der Waals surface area contributed by atoms with E-state index in [0.717, 1.165) is 48.8 Å². The molecule has 1 amide bonds. The number of fused-ring (bicyclic) bond motifs is 1. The summed E-state index contributed by atoms with van der Waals surface area (Å²) in [4.78, 5) is 25.8. The molecule has 7 nitrogen and oxygen atoms in total. The molecule has 7 heteroatoms. The summed E-state index contributed by atoms with van der Waals surface area (Å²) in [6.07, 6.45) is 3.54. The number of carboxylic acid groups (broad SMARTS) is 1. The van der Waals surface area contributed by atoms with E-state index in [0.29, 0.717) is 18.7 Å². The van der Waals surface area contributed by atoms with Crippen LogP contribution in [0, 0.1) is 5.41 Å². The highest BCUT2D eigenvalue weighted by atomic mass is 16.4. The van der Waals surface area contributed by atoms with Crippen molar-refractivity contribution in [3.63, 3.8) is 0 Å². The van der Waals surface area contributed by atoms with Crippen LogP contribution in [-0.2, 0) is 0 Å². The molecular weight excluding hydrogens is 308 g/mol. The van der Waals surface area contributed by atoms with E-state index in [1.807, 2.05) is 12.1 Å². The number of hydrogen-bond donors (Lipinski definition) is 1. The summed E-state index contributed by atoms with van der Waals surface area (Å²) >= 11 is 0. The summed E-state index contributed by atoms with van der Waals surface area (Å²) in [6, 6.07) is 5.41. The van der Waals surface area contributed by atoms with E-state index in [1.165, 1.54) is 4.90 Å². The van der Waals surface area contributed by atoms with E-state index in [9.17, 15) is 9.59 Å². The molecule has 24 heavy (non-hydrogen) atoms. The van der Waals surface area contributed by atoms with Crippen molar-refractivity contribution in [3.05, 3.63) is 30.0 Å². The molecule has 0 bridgehead atoms. The minimum atomic E-state index is -0.827. The lowest BCUT2D eigenvalue weighted by molar-refractivity contribution is 0.0711. The highest BCUT2D eigenvalue weighted by molar-refractivity contribution is 5.95. The summed E-state index contributed by atoms with van der Waals surface area (Å²) < 4.78 is 0. The number of rotatable bonds is 2. The van der Waals surface area contributed by atoms with Gasteiger partial charge in [0.05, 0.1) is 17.4 Å². The molecule has 2 aliphatic heterocycles. The molecule has 0 atom stereocenters. The molecule has 1 spiro atoms. The van der Waals surface area contributed by atoms with Crippen LogP contribution in [0.25, 0.3) is 10.9 Å². The molecule has 1 aromatic carbocycles. The van der Waals surface area contributed by atoms with Crippen molar-refractivity contribution < 1.29 is 14.7 Å². The van der Waals surface area contributed by atoms with Crippen molar-refractivity contribution in [3.8, 4) is 0 Å². The van der Waals surface area contributed by atoms with Crippen molar-refractivity contribution in [2.75, 3.05) is 31.1 Å². The number of aldehydes is 1. The summed E-state index contributed by atoms with van der Waals surface area (Å²) in [5.74, 6) is 0. The predicted molar refractivity (Wildman–Crippen MR) is 88.4 cm³/mol. The lowest BCUT2D eigenvalue weighted by Crippen LogP contribution is -2.61. The van der Waals surface area contributed by atoms with Crippen LogP contribution in [0.1, 0.15) is 23.2 Å². The van der Waals surface area contributed by atoms with Crippen LogP contribution in [0.15, 0.2) is 24.4 Å². The zero-order valence-corrected chi connectivity index (χ0v) is 13.2. The fourth-order valence-electron chi connectivity index (χ4n) is 3.81. The zero-order chi connectivity index (χ0) is 16.7. The van der Waals surface area contributed by atoms with Gasteiger partial charge in [0.15, 0.2) is 0 Å². The Kier molecular flexibility index (Phi) is 3.37. The molecule has 4 rings (SSSR count). The van der Waals surface area contributed by atoms with E-state index >= 15 is 0 Å². The first-order valence-corrected chi connectivity index (χ1v) is 8.04. The predicted octanol–water partition coefficient (Wildman–Crippen LogP) is 2.02. The smallest absolute Gasteiger partial charge is 0.407 e. The summed E-state index contributed by atoms with van der Waals surface area (Å²) in [7, 11) is 0. The second-order valence-corrected chi connectivity index (χ2v) is 6.75. The molecule has 0 radical (unpaired) electrons. The molecule has 1 N–H and O–H groups in total. The van der Waals surface area contributed by atoms with E-state index < -0.39 is 6.09 Å². The van der Waals surface area contributed by atoms with E-state index in [-0.39, 0.29) is 5.41 Å². The van der Waals surface area contributed by atoms with Gasteiger partial charge in [-0.15, -0.1) is 0 Å². The van der Waals surface area contributed by atoms with Gasteiger partial charge >= 0.3 is 6.09 Å². The Morgan fingerprint density at radius 2 is 2.00 bits per heavy atom. The van der Waals surface area contributed by atoms with Gasteiger partial charge in [0, 0.05) is 42.5 Å². The average Bonchev–Trinajstić information content (AvgIpc) is 2.58. The Morgan fingerprint density at radius 1 is 1.25 bits per heavy atom. The van der Waals surface area contributed by atoms with Gasteiger partial charge in [-0.25, -0.2) is 4.79 Å². The number of piperidine rings is 1. The molecular formula is C17H18N4O3. The molecule has 0 aliphatic carbocycles. The molecule has 0 saturated carbocycles. The highest BCUT2D eigenvalue weighted by Crippen LogP contribution is 2.43. The van der Waals surface area contributed by atoms with E-state index in [1.54, 1.807) is 12.3 Å². The fourth-order valence-corrected chi connectivity index (χ4v) is 3.81. The molecule has 1 aromatic heterocycles. The van der Waals surface area contributed by atoms with Gasteiger partial charge in [0.2, 0.25) is 0 Å². The van der Waals surface area contributed by atoms with Crippen LogP contribution in [-0.4, -0.2) is 58.8 Å². The minimum Gasteiger partial charge on any atom is -0.465 e. The quantitative estimate of drug-likeness (QED) is 0.850. The number of hydrogen-bond acceptors (Lipinski definition) is 5. The van der Waals surface area contributed by atoms with Gasteiger partial charge in [-0.2, -0.15) is 10.2 Å². The van der Waals surface area contributed by atoms with Crippen LogP contribution < -0.4 is 4.90 Å². The van der Waals surface area contributed by atoms with Gasteiger partial charge in [0.1, 0.15) is 6.29 Å². The largest absolute Gasteiger partial charge is 0.465 e. The molecule has 0 unspecified atom stereocenters. The Morgan fingerprint density at radius 3 is 2.67 bits per heavy atom. The normalized spacial score (nSPS) is 19.3. The van der Waals surface area contributed by atoms with Gasteiger partial charge in [-0.1, -0.05) is 0 Å². The van der Waals surface area contributed by atoms with Gasteiger partial charge in [0.25, 0.3) is 0 Å². The Hall–Kier alpha value is -2.70. The second kappa shape index (κ2) is 5.43. The van der Waals surface area contributed by atoms with Crippen LogP contribution in [0.2, 0.25) is 0 Å². The Balaban J connectivity index is 1.54. The maximum Gasteiger partial charge on any atom is 0.407 e. The minimum absolute atomic E-state index is 0.198. The molecule has 2 saturated heterocycles. The third-order valence-corrected chi connectivity index (χ3v) is 5.27. The van der Waals surface area contributed by atoms with E-state index in [2.05, 4.69) is 15.1 Å². The van der Waals surface area contributed by atoms with E-state index in [4.69, 9.17) is 5.11 Å². The summed E-state index contributed by atoms with van der Waals surface area (Å²) in [5, 5.41) is 18.2. The number of likely N-dealkylation sites (tertiary alicyclic amines) is 1. The van der Waals surface area contributed by atoms with Crippen molar-refractivity contribution in [1.29, 1.82) is 0 Å². The summed E-state index contributed by atoms with van der Waals surface area (Å²) in [6.45, 7) is 3.00. The SMILES string of the molecule is O=Cc1ccc2nncc(N3CC4(CCN(C(=O)O)CC4)C3)c2c1. The third-order valence-electron chi connectivity index (χ3n) is 5.27. The number of carbonyl (C=O) groups excluding carboxylic acids is 1. The number of nitrogens with zero attached hydrogens (tertiary/aromatic N) is 4. The topological polar surface area (TPSA) is 86.6 Å². The number of anilines is 1. The Labute approximate surface area is 138 Å². The molecule has 124 valence electrons. The van der Waals surface area contributed by atoms with Crippen molar-refractivity contribution in [2.45, 2.75) is 12.8 Å². The summed E-state index contributed by atoms with van der Waals surface area (Å²) in [5.41, 5.74) is 2.60. The van der Waals surface area contributed by atoms with Crippen LogP contribution in [0.3, 0.4) is 0 Å². The van der Waals surface area contributed by atoms with Crippen LogP contribution in [0.5, 0.6) is 0 Å². The molecule has 3 heterocycles. The second-order valence-electron chi connectivity index (χ2n) is 6.75. The van der Waals surface area contributed by atoms with Gasteiger partial charge < -0.3 is 14.9 Å². The first-order valence-electron chi connectivity index (χ1n) is 8.04. The first-order chi connectivity index (χ1) is 11.6. The maximum atomic E-state index is 11.0. The van der Waals surface area contributed by atoms with Gasteiger partial charge in [-0.05, 0) is 31.0 Å². The number of benzene rings is 1. The lowest BCUT2D eigenvalue weighted by Gasteiger charge is -2.54. The third kappa shape index (κ3) is 2.36.